The van der Waals surface area contributed by atoms with Gasteiger partial charge in [0.1, 0.15) is 0 Å². The highest BCUT2D eigenvalue weighted by atomic mass is 16.4. The molecule has 4 heteroatoms. The second-order valence-electron chi connectivity index (χ2n) is 4.21. The summed E-state index contributed by atoms with van der Waals surface area (Å²) in [6.45, 7) is 4.54. The number of piperidine rings is 1. The Bertz CT molecular complexity index is 207. The molecule has 0 aromatic carbocycles. The molecule has 0 spiro atoms. The molecule has 0 amide bonds. The maximum atomic E-state index is 10.9. The Kier molecular flexibility index (Phi) is 2.63. The Morgan fingerprint density at radius 3 is 2.23 bits per heavy atom. The zero-order chi connectivity index (χ0) is 10.1. The van der Waals surface area contributed by atoms with Crippen LogP contribution in [0.2, 0.25) is 0 Å². The molecule has 1 heterocycles. The third-order valence-corrected chi connectivity index (χ3v) is 3.13. The number of aliphatic hydroxyl groups is 1. The number of carbonyl (C=O) groups is 1. The SMILES string of the molecule is CC(C)(C(=O)O)C1(O)CCNCC1. The first-order chi connectivity index (χ1) is 5.90. The van der Waals surface area contributed by atoms with Gasteiger partial charge in [-0.1, -0.05) is 0 Å². The van der Waals surface area contributed by atoms with E-state index in [1.807, 2.05) is 0 Å². The summed E-state index contributed by atoms with van der Waals surface area (Å²) in [6, 6.07) is 0. The van der Waals surface area contributed by atoms with Gasteiger partial charge in [0.15, 0.2) is 0 Å². The van der Waals surface area contributed by atoms with Gasteiger partial charge >= 0.3 is 5.97 Å². The molecule has 0 aromatic rings. The first-order valence-electron chi connectivity index (χ1n) is 4.57. The minimum Gasteiger partial charge on any atom is -0.481 e. The summed E-state index contributed by atoms with van der Waals surface area (Å²) in [6.07, 6.45) is 1.01. The molecule has 76 valence electrons. The maximum absolute atomic E-state index is 10.9. The topological polar surface area (TPSA) is 69.6 Å². The van der Waals surface area contributed by atoms with Crippen LogP contribution in [0.1, 0.15) is 26.7 Å². The fourth-order valence-corrected chi connectivity index (χ4v) is 1.66. The van der Waals surface area contributed by atoms with E-state index in [9.17, 15) is 9.90 Å². The number of hydrogen-bond donors (Lipinski definition) is 3. The lowest BCUT2D eigenvalue weighted by molar-refractivity contribution is -0.168. The molecule has 13 heavy (non-hydrogen) atoms. The van der Waals surface area contributed by atoms with Crippen molar-refractivity contribution in [1.29, 1.82) is 0 Å². The van der Waals surface area contributed by atoms with Gasteiger partial charge < -0.3 is 15.5 Å². The van der Waals surface area contributed by atoms with Gasteiger partial charge in [0.05, 0.1) is 11.0 Å². The predicted octanol–water partition coefficient (Wildman–Crippen LogP) is 0.212. The van der Waals surface area contributed by atoms with Gasteiger partial charge in [-0.05, 0) is 39.8 Å². The monoisotopic (exact) mass is 187 g/mol. The standard InChI is InChI=1S/C9H17NO3/c1-8(2,7(11)12)9(13)3-5-10-6-4-9/h10,13H,3-6H2,1-2H3,(H,11,12). The lowest BCUT2D eigenvalue weighted by Crippen LogP contribution is -2.55. The minimum absolute atomic E-state index is 0.506. The van der Waals surface area contributed by atoms with Gasteiger partial charge in [0, 0.05) is 0 Å². The zero-order valence-electron chi connectivity index (χ0n) is 8.13. The number of carboxylic acid groups (broad SMARTS) is 1. The average Bonchev–Trinajstić information content (AvgIpc) is 2.05. The van der Waals surface area contributed by atoms with Crippen molar-refractivity contribution in [3.8, 4) is 0 Å². The molecule has 0 aromatic heterocycles. The maximum Gasteiger partial charge on any atom is 0.312 e. The molecule has 0 atom stereocenters. The summed E-state index contributed by atoms with van der Waals surface area (Å²) in [7, 11) is 0. The Morgan fingerprint density at radius 1 is 1.38 bits per heavy atom. The molecule has 1 saturated heterocycles. The highest BCUT2D eigenvalue weighted by molar-refractivity contribution is 5.75. The van der Waals surface area contributed by atoms with Crippen LogP contribution in [-0.2, 0) is 4.79 Å². The van der Waals surface area contributed by atoms with Gasteiger partial charge in [-0.2, -0.15) is 0 Å². The lowest BCUT2D eigenvalue weighted by Gasteiger charge is -2.42. The first kappa shape index (κ1) is 10.5. The van der Waals surface area contributed by atoms with Crippen LogP contribution in [0.15, 0.2) is 0 Å². The molecule has 4 nitrogen and oxygen atoms in total. The van der Waals surface area contributed by atoms with E-state index in [-0.39, 0.29) is 0 Å². The fraction of sp³-hybridized carbons (Fsp3) is 0.889. The zero-order valence-corrected chi connectivity index (χ0v) is 8.13. The third-order valence-electron chi connectivity index (χ3n) is 3.13. The smallest absolute Gasteiger partial charge is 0.312 e. The van der Waals surface area contributed by atoms with Gasteiger partial charge in [0.2, 0.25) is 0 Å². The molecule has 1 fully saturated rings. The van der Waals surface area contributed by atoms with Crippen LogP contribution in [0, 0.1) is 5.41 Å². The van der Waals surface area contributed by atoms with E-state index >= 15 is 0 Å². The van der Waals surface area contributed by atoms with Gasteiger partial charge in [-0.15, -0.1) is 0 Å². The van der Waals surface area contributed by atoms with Crippen LogP contribution in [0.4, 0.5) is 0 Å². The molecule has 0 radical (unpaired) electrons. The van der Waals surface area contributed by atoms with Crippen LogP contribution in [0.3, 0.4) is 0 Å². The highest BCUT2D eigenvalue weighted by Crippen LogP contribution is 2.37. The van der Waals surface area contributed by atoms with E-state index in [0.29, 0.717) is 25.9 Å². The van der Waals surface area contributed by atoms with E-state index in [0.717, 1.165) is 0 Å². The molecule has 1 aliphatic rings. The van der Waals surface area contributed by atoms with Crippen molar-refractivity contribution in [1.82, 2.24) is 5.32 Å². The first-order valence-corrected chi connectivity index (χ1v) is 4.57. The van der Waals surface area contributed by atoms with Crippen molar-refractivity contribution in [2.24, 2.45) is 5.41 Å². The molecular weight excluding hydrogens is 170 g/mol. The number of nitrogens with one attached hydrogen (secondary N) is 1. The van der Waals surface area contributed by atoms with E-state index in [2.05, 4.69) is 5.32 Å². The quantitative estimate of drug-likeness (QED) is 0.578. The van der Waals surface area contributed by atoms with Crippen LogP contribution in [-0.4, -0.2) is 34.9 Å². The van der Waals surface area contributed by atoms with E-state index in [4.69, 9.17) is 5.11 Å². The summed E-state index contributed by atoms with van der Waals surface area (Å²) >= 11 is 0. The summed E-state index contributed by atoms with van der Waals surface area (Å²) in [4.78, 5) is 10.9. The second kappa shape index (κ2) is 3.27. The van der Waals surface area contributed by atoms with E-state index in [1.165, 1.54) is 0 Å². The fourth-order valence-electron chi connectivity index (χ4n) is 1.66. The van der Waals surface area contributed by atoms with Crippen LogP contribution in [0.25, 0.3) is 0 Å². The van der Waals surface area contributed by atoms with Gasteiger partial charge in [0.25, 0.3) is 0 Å². The number of hydrogen-bond acceptors (Lipinski definition) is 3. The lowest BCUT2D eigenvalue weighted by atomic mass is 9.70. The molecular formula is C9H17NO3. The van der Waals surface area contributed by atoms with E-state index < -0.39 is 17.0 Å². The van der Waals surface area contributed by atoms with Crippen molar-refractivity contribution >= 4 is 5.97 Å². The molecule has 1 aliphatic heterocycles. The molecule has 3 N–H and O–H groups in total. The molecule has 0 saturated carbocycles. The predicted molar refractivity (Wildman–Crippen MR) is 48.5 cm³/mol. The van der Waals surface area contributed by atoms with Gasteiger partial charge in [-0.3, -0.25) is 4.79 Å². The third kappa shape index (κ3) is 1.69. The normalized spacial score (nSPS) is 22.7. The Morgan fingerprint density at radius 2 is 1.85 bits per heavy atom. The Hall–Kier alpha value is -0.610. The van der Waals surface area contributed by atoms with Crippen LogP contribution < -0.4 is 5.32 Å². The Balaban J connectivity index is 2.82. The number of carboxylic acids is 1. The van der Waals surface area contributed by atoms with E-state index in [1.54, 1.807) is 13.8 Å². The van der Waals surface area contributed by atoms with Gasteiger partial charge in [-0.25, -0.2) is 0 Å². The molecule has 0 unspecified atom stereocenters. The summed E-state index contributed by atoms with van der Waals surface area (Å²) in [5.41, 5.74) is -2.13. The van der Waals surface area contributed by atoms with Crippen molar-refractivity contribution in [3.05, 3.63) is 0 Å². The highest BCUT2D eigenvalue weighted by Gasteiger charge is 2.49. The number of rotatable bonds is 2. The van der Waals surface area contributed by atoms with Crippen LogP contribution in [0.5, 0.6) is 0 Å². The summed E-state index contributed by atoms with van der Waals surface area (Å²) in [5, 5.41) is 22.2. The molecule has 1 rings (SSSR count). The average molecular weight is 187 g/mol. The van der Waals surface area contributed by atoms with Crippen molar-refractivity contribution in [2.75, 3.05) is 13.1 Å². The summed E-state index contributed by atoms with van der Waals surface area (Å²) in [5.74, 6) is -0.933. The molecule has 0 aliphatic carbocycles. The molecule has 0 bridgehead atoms. The second-order valence-corrected chi connectivity index (χ2v) is 4.21. The largest absolute Gasteiger partial charge is 0.481 e. The van der Waals surface area contributed by atoms with Crippen molar-refractivity contribution < 1.29 is 15.0 Å². The summed E-state index contributed by atoms with van der Waals surface area (Å²) < 4.78 is 0. The van der Waals surface area contributed by atoms with Crippen LogP contribution >= 0.6 is 0 Å². The Labute approximate surface area is 78.0 Å². The number of aliphatic carboxylic acids is 1. The van der Waals surface area contributed by atoms with Crippen molar-refractivity contribution in [3.63, 3.8) is 0 Å². The minimum atomic E-state index is -1.07. The van der Waals surface area contributed by atoms with Crippen molar-refractivity contribution in [2.45, 2.75) is 32.3 Å².